The summed E-state index contributed by atoms with van der Waals surface area (Å²) in [4.78, 5) is 3.99. The maximum Gasteiger partial charge on any atom is 0.0945 e. The van der Waals surface area contributed by atoms with Crippen LogP contribution in [0.5, 0.6) is 0 Å². The van der Waals surface area contributed by atoms with Crippen LogP contribution in [-0.2, 0) is 6.54 Å². The fourth-order valence-electron chi connectivity index (χ4n) is 1.27. The van der Waals surface area contributed by atoms with Crippen molar-refractivity contribution >= 4 is 0 Å². The second kappa shape index (κ2) is 6.56. The third-order valence-electron chi connectivity index (χ3n) is 2.25. The maximum atomic E-state index is 5.49. The second-order valence-corrected chi connectivity index (χ2v) is 3.60. The molecule has 1 aromatic heterocycles. The van der Waals surface area contributed by atoms with Crippen molar-refractivity contribution in [2.75, 3.05) is 13.1 Å². The third kappa shape index (κ3) is 4.39. The molecule has 0 saturated carbocycles. The van der Waals surface area contributed by atoms with E-state index in [0.717, 1.165) is 13.1 Å². The zero-order chi connectivity index (χ0) is 10.2. The molecule has 0 spiro atoms. The number of hydrogen-bond donors (Lipinski definition) is 2. The number of rotatable bonds is 7. The lowest BCUT2D eigenvalue weighted by Gasteiger charge is -2.10. The van der Waals surface area contributed by atoms with Gasteiger partial charge in [-0.3, -0.25) is 0 Å². The fourth-order valence-corrected chi connectivity index (χ4v) is 1.27. The number of nitrogens with two attached hydrogens (primary N) is 1. The third-order valence-corrected chi connectivity index (χ3v) is 2.25. The molecule has 0 saturated heterocycles. The highest BCUT2D eigenvalue weighted by molar-refractivity contribution is 4.73. The zero-order valence-electron chi connectivity index (χ0n) is 8.82. The molecule has 4 heteroatoms. The van der Waals surface area contributed by atoms with Crippen LogP contribution in [0.4, 0.5) is 0 Å². The van der Waals surface area contributed by atoms with E-state index >= 15 is 0 Å². The second-order valence-electron chi connectivity index (χ2n) is 3.60. The molecule has 0 fully saturated rings. The number of nitrogens with zero attached hydrogens (tertiary/aromatic N) is 2. The summed E-state index contributed by atoms with van der Waals surface area (Å²) in [6, 6.07) is 0.434. The van der Waals surface area contributed by atoms with Gasteiger partial charge in [-0.1, -0.05) is 0 Å². The minimum atomic E-state index is 0.434. The molecule has 0 aliphatic rings. The van der Waals surface area contributed by atoms with Gasteiger partial charge in [0.05, 0.1) is 6.33 Å². The molecule has 14 heavy (non-hydrogen) atoms. The predicted molar refractivity (Wildman–Crippen MR) is 58.0 cm³/mol. The summed E-state index contributed by atoms with van der Waals surface area (Å²) >= 11 is 0. The van der Waals surface area contributed by atoms with Crippen LogP contribution in [0.25, 0.3) is 0 Å². The molecule has 1 unspecified atom stereocenters. The van der Waals surface area contributed by atoms with E-state index in [4.69, 9.17) is 5.73 Å². The number of unbranched alkanes of at least 4 members (excludes halogenated alkanes) is 1. The van der Waals surface area contributed by atoms with Crippen molar-refractivity contribution in [1.29, 1.82) is 0 Å². The Morgan fingerprint density at radius 2 is 2.36 bits per heavy atom. The Hall–Kier alpha value is -0.870. The molecule has 0 aliphatic heterocycles. The van der Waals surface area contributed by atoms with Crippen molar-refractivity contribution in [3.05, 3.63) is 18.7 Å². The van der Waals surface area contributed by atoms with Crippen molar-refractivity contribution in [1.82, 2.24) is 14.9 Å². The minimum Gasteiger partial charge on any atom is -0.337 e. The van der Waals surface area contributed by atoms with E-state index in [1.165, 1.54) is 12.8 Å². The van der Waals surface area contributed by atoms with E-state index in [1.54, 1.807) is 0 Å². The Morgan fingerprint density at radius 3 is 3.00 bits per heavy atom. The van der Waals surface area contributed by atoms with Crippen LogP contribution >= 0.6 is 0 Å². The highest BCUT2D eigenvalue weighted by atomic mass is 15.0. The van der Waals surface area contributed by atoms with Crippen LogP contribution in [0.1, 0.15) is 19.8 Å². The lowest BCUT2D eigenvalue weighted by molar-refractivity contribution is 0.515. The van der Waals surface area contributed by atoms with Gasteiger partial charge in [0.1, 0.15) is 0 Å². The van der Waals surface area contributed by atoms with Crippen molar-refractivity contribution in [2.24, 2.45) is 5.73 Å². The molecular weight excluding hydrogens is 176 g/mol. The van der Waals surface area contributed by atoms with Gasteiger partial charge in [-0.2, -0.15) is 0 Å². The highest BCUT2D eigenvalue weighted by Crippen LogP contribution is 1.94. The summed E-state index contributed by atoms with van der Waals surface area (Å²) in [7, 11) is 0. The van der Waals surface area contributed by atoms with Gasteiger partial charge in [0.2, 0.25) is 0 Å². The Kier molecular flexibility index (Phi) is 5.25. The Bertz CT molecular complexity index is 220. The molecule has 1 heterocycles. The van der Waals surface area contributed by atoms with Gasteiger partial charge < -0.3 is 15.6 Å². The SMILES string of the molecule is CC(CN)NCCCCn1ccnc1. The number of hydrogen-bond acceptors (Lipinski definition) is 3. The molecule has 0 bridgehead atoms. The molecular formula is C10H20N4. The first-order chi connectivity index (χ1) is 6.83. The number of imidazole rings is 1. The van der Waals surface area contributed by atoms with Crippen LogP contribution in [-0.4, -0.2) is 28.7 Å². The van der Waals surface area contributed by atoms with Gasteiger partial charge in [-0.25, -0.2) is 4.98 Å². The molecule has 0 aliphatic carbocycles. The summed E-state index contributed by atoms with van der Waals surface area (Å²) < 4.78 is 2.10. The summed E-state index contributed by atoms with van der Waals surface area (Å²) in [5, 5.41) is 3.36. The first-order valence-electron chi connectivity index (χ1n) is 5.22. The molecule has 1 atom stereocenters. The van der Waals surface area contributed by atoms with Gasteiger partial charge >= 0.3 is 0 Å². The molecule has 3 N–H and O–H groups in total. The van der Waals surface area contributed by atoms with E-state index in [-0.39, 0.29) is 0 Å². The van der Waals surface area contributed by atoms with Crippen LogP contribution in [0.3, 0.4) is 0 Å². The largest absolute Gasteiger partial charge is 0.337 e. The van der Waals surface area contributed by atoms with Crippen LogP contribution < -0.4 is 11.1 Å². The molecule has 1 rings (SSSR count). The zero-order valence-corrected chi connectivity index (χ0v) is 8.82. The highest BCUT2D eigenvalue weighted by Gasteiger charge is 1.96. The normalized spacial score (nSPS) is 13.0. The fraction of sp³-hybridized carbons (Fsp3) is 0.700. The summed E-state index contributed by atoms with van der Waals surface area (Å²) in [6.07, 6.45) is 8.03. The molecule has 0 aromatic carbocycles. The molecule has 4 nitrogen and oxygen atoms in total. The standard InChI is InChI=1S/C10H20N4/c1-10(8-11)13-4-2-3-6-14-7-5-12-9-14/h5,7,9-10,13H,2-4,6,8,11H2,1H3. The number of aromatic nitrogens is 2. The van der Waals surface area contributed by atoms with E-state index in [9.17, 15) is 0 Å². The summed E-state index contributed by atoms with van der Waals surface area (Å²) in [6.45, 7) is 4.92. The lowest BCUT2D eigenvalue weighted by Crippen LogP contribution is -2.33. The average Bonchev–Trinajstić information content (AvgIpc) is 2.69. The van der Waals surface area contributed by atoms with Gasteiger partial charge in [0.25, 0.3) is 0 Å². The lowest BCUT2D eigenvalue weighted by atomic mass is 10.2. The number of aryl methyl sites for hydroxylation is 1. The number of nitrogens with one attached hydrogen (secondary N) is 1. The first kappa shape index (κ1) is 11.2. The monoisotopic (exact) mass is 196 g/mol. The van der Waals surface area contributed by atoms with Crippen molar-refractivity contribution in [3.8, 4) is 0 Å². The van der Waals surface area contributed by atoms with Crippen molar-refractivity contribution in [2.45, 2.75) is 32.4 Å². The van der Waals surface area contributed by atoms with Gasteiger partial charge in [-0.15, -0.1) is 0 Å². The van der Waals surface area contributed by atoms with Gasteiger partial charge in [0.15, 0.2) is 0 Å². The van der Waals surface area contributed by atoms with Gasteiger partial charge in [-0.05, 0) is 26.3 Å². The first-order valence-corrected chi connectivity index (χ1v) is 5.22. The average molecular weight is 196 g/mol. The van der Waals surface area contributed by atoms with Crippen molar-refractivity contribution < 1.29 is 0 Å². The van der Waals surface area contributed by atoms with E-state index in [1.807, 2.05) is 18.7 Å². The van der Waals surface area contributed by atoms with Crippen LogP contribution in [0.2, 0.25) is 0 Å². The van der Waals surface area contributed by atoms with Crippen LogP contribution in [0, 0.1) is 0 Å². The smallest absolute Gasteiger partial charge is 0.0945 e. The predicted octanol–water partition coefficient (Wildman–Crippen LogP) is 0.600. The van der Waals surface area contributed by atoms with Crippen molar-refractivity contribution in [3.63, 3.8) is 0 Å². The Labute approximate surface area is 85.5 Å². The molecule has 80 valence electrons. The molecule has 0 radical (unpaired) electrons. The Morgan fingerprint density at radius 1 is 1.50 bits per heavy atom. The molecule has 1 aromatic rings. The Balaban J connectivity index is 1.95. The quantitative estimate of drug-likeness (QED) is 0.628. The van der Waals surface area contributed by atoms with Crippen LogP contribution in [0.15, 0.2) is 18.7 Å². The summed E-state index contributed by atoms with van der Waals surface area (Å²) in [5.74, 6) is 0. The summed E-state index contributed by atoms with van der Waals surface area (Å²) in [5.41, 5.74) is 5.49. The van der Waals surface area contributed by atoms with E-state index in [2.05, 4.69) is 21.8 Å². The van der Waals surface area contributed by atoms with Gasteiger partial charge in [0, 0.05) is 31.5 Å². The maximum absolute atomic E-state index is 5.49. The van der Waals surface area contributed by atoms with E-state index < -0.39 is 0 Å². The van der Waals surface area contributed by atoms with E-state index in [0.29, 0.717) is 12.6 Å². The molecule has 0 amide bonds. The minimum absolute atomic E-state index is 0.434. The topological polar surface area (TPSA) is 55.9 Å².